The largest absolute Gasteiger partial charge is 0.481 e. The number of carboxylic acids is 1. The second-order valence-electron chi connectivity index (χ2n) is 4.05. The fourth-order valence-electron chi connectivity index (χ4n) is 0.888. The molecule has 0 aliphatic rings. The van der Waals surface area contributed by atoms with Crippen molar-refractivity contribution in [1.82, 2.24) is 5.32 Å². The smallest absolute Gasteiger partial charge is 0.306 e. The first-order valence-electron chi connectivity index (χ1n) is 5.11. The van der Waals surface area contributed by atoms with Gasteiger partial charge in [-0.25, -0.2) is 0 Å². The summed E-state index contributed by atoms with van der Waals surface area (Å²) in [6, 6.07) is 0. The average molecular weight is 216 g/mol. The van der Waals surface area contributed by atoms with Crippen molar-refractivity contribution >= 4 is 11.9 Å². The van der Waals surface area contributed by atoms with Gasteiger partial charge in [-0.15, -0.1) is 0 Å². The zero-order valence-electron chi connectivity index (χ0n) is 9.54. The molecule has 2 atom stereocenters. The summed E-state index contributed by atoms with van der Waals surface area (Å²) in [6.45, 7) is 5.44. The third kappa shape index (κ3) is 4.78. The highest BCUT2D eigenvalue weighted by Gasteiger charge is 2.25. The van der Waals surface area contributed by atoms with Crippen LogP contribution in [0, 0.1) is 5.92 Å². The van der Waals surface area contributed by atoms with Crippen molar-refractivity contribution in [1.29, 1.82) is 0 Å². The molecule has 2 unspecified atom stereocenters. The van der Waals surface area contributed by atoms with Gasteiger partial charge in [0.2, 0.25) is 5.91 Å². The molecule has 0 aromatic carbocycles. The molecule has 5 nitrogen and oxygen atoms in total. The average Bonchev–Trinajstić information content (AvgIpc) is 2.17. The van der Waals surface area contributed by atoms with E-state index in [4.69, 9.17) is 10.8 Å². The molecule has 0 saturated heterocycles. The van der Waals surface area contributed by atoms with E-state index in [1.807, 2.05) is 6.92 Å². The minimum absolute atomic E-state index is 0.234. The number of nitrogens with one attached hydrogen (secondary N) is 1. The van der Waals surface area contributed by atoms with E-state index in [-0.39, 0.29) is 5.91 Å². The second-order valence-corrected chi connectivity index (χ2v) is 4.05. The number of aliphatic carboxylic acids is 1. The van der Waals surface area contributed by atoms with Crippen LogP contribution in [0.15, 0.2) is 0 Å². The lowest BCUT2D eigenvalue weighted by Crippen LogP contribution is -2.51. The van der Waals surface area contributed by atoms with E-state index in [9.17, 15) is 9.59 Å². The summed E-state index contributed by atoms with van der Waals surface area (Å²) >= 11 is 0. The molecular weight excluding hydrogens is 196 g/mol. The van der Waals surface area contributed by atoms with E-state index in [1.165, 1.54) is 0 Å². The highest BCUT2D eigenvalue weighted by atomic mass is 16.4. The Kier molecular flexibility index (Phi) is 5.28. The van der Waals surface area contributed by atoms with Crippen molar-refractivity contribution in [2.24, 2.45) is 11.7 Å². The Morgan fingerprint density at radius 1 is 1.53 bits per heavy atom. The Morgan fingerprint density at radius 2 is 2.07 bits per heavy atom. The monoisotopic (exact) mass is 216 g/mol. The van der Waals surface area contributed by atoms with Gasteiger partial charge in [0.1, 0.15) is 0 Å². The van der Waals surface area contributed by atoms with Gasteiger partial charge >= 0.3 is 5.97 Å². The van der Waals surface area contributed by atoms with E-state index in [0.29, 0.717) is 19.4 Å². The van der Waals surface area contributed by atoms with Crippen LogP contribution in [-0.2, 0) is 9.59 Å². The van der Waals surface area contributed by atoms with Crippen molar-refractivity contribution in [3.63, 3.8) is 0 Å². The first-order valence-corrected chi connectivity index (χ1v) is 5.11. The van der Waals surface area contributed by atoms with Gasteiger partial charge in [-0.1, -0.05) is 13.8 Å². The number of rotatable bonds is 6. The van der Waals surface area contributed by atoms with Crippen molar-refractivity contribution in [3.05, 3.63) is 0 Å². The zero-order chi connectivity index (χ0) is 12.1. The molecule has 0 fully saturated rings. The van der Waals surface area contributed by atoms with Gasteiger partial charge in [0, 0.05) is 6.54 Å². The third-order valence-electron chi connectivity index (χ3n) is 2.54. The first-order chi connectivity index (χ1) is 6.81. The maximum atomic E-state index is 11.5. The van der Waals surface area contributed by atoms with Crippen LogP contribution in [0.1, 0.15) is 33.6 Å². The standard InChI is InChI=1S/C10H20N2O3/c1-4-10(3,11)9(15)12-6-5-7(2)8(13)14/h7H,4-6,11H2,1-3H3,(H,12,15)(H,13,14). The van der Waals surface area contributed by atoms with E-state index in [0.717, 1.165) is 0 Å². The molecule has 1 amide bonds. The van der Waals surface area contributed by atoms with Gasteiger partial charge in [-0.2, -0.15) is 0 Å². The van der Waals surface area contributed by atoms with Gasteiger partial charge in [0.15, 0.2) is 0 Å². The molecule has 0 aliphatic carbocycles. The number of nitrogens with two attached hydrogens (primary N) is 1. The summed E-state index contributed by atoms with van der Waals surface area (Å²) in [5, 5.41) is 11.2. The van der Waals surface area contributed by atoms with Crippen LogP contribution in [0.5, 0.6) is 0 Å². The molecule has 0 aromatic heterocycles. The van der Waals surface area contributed by atoms with Gasteiger partial charge < -0.3 is 16.2 Å². The van der Waals surface area contributed by atoms with Crippen LogP contribution in [0.4, 0.5) is 0 Å². The minimum Gasteiger partial charge on any atom is -0.481 e. The van der Waals surface area contributed by atoms with Gasteiger partial charge in [0.05, 0.1) is 11.5 Å². The Morgan fingerprint density at radius 3 is 2.47 bits per heavy atom. The minimum atomic E-state index is -0.869. The zero-order valence-corrected chi connectivity index (χ0v) is 9.54. The lowest BCUT2D eigenvalue weighted by molar-refractivity contribution is -0.141. The van der Waals surface area contributed by atoms with Gasteiger partial charge in [-0.3, -0.25) is 9.59 Å². The molecule has 0 bridgehead atoms. The Bertz CT molecular complexity index is 239. The van der Waals surface area contributed by atoms with Crippen molar-refractivity contribution in [3.8, 4) is 0 Å². The van der Waals surface area contributed by atoms with Crippen LogP contribution >= 0.6 is 0 Å². The Labute approximate surface area is 90.0 Å². The molecular formula is C10H20N2O3. The first kappa shape index (κ1) is 13.9. The molecule has 0 saturated carbocycles. The maximum Gasteiger partial charge on any atom is 0.306 e. The fraction of sp³-hybridized carbons (Fsp3) is 0.800. The number of amides is 1. The molecule has 0 aromatic rings. The summed E-state index contributed by atoms with van der Waals surface area (Å²) < 4.78 is 0. The quantitative estimate of drug-likeness (QED) is 0.597. The normalized spacial score (nSPS) is 16.5. The van der Waals surface area contributed by atoms with Crippen molar-refractivity contribution < 1.29 is 14.7 Å². The molecule has 4 N–H and O–H groups in total. The van der Waals surface area contributed by atoms with Crippen LogP contribution in [0.2, 0.25) is 0 Å². The van der Waals surface area contributed by atoms with Crippen LogP contribution < -0.4 is 11.1 Å². The van der Waals surface area contributed by atoms with Gasteiger partial charge in [0.25, 0.3) is 0 Å². The molecule has 88 valence electrons. The lowest BCUT2D eigenvalue weighted by Gasteiger charge is -2.21. The maximum absolute atomic E-state index is 11.5. The predicted molar refractivity (Wildman–Crippen MR) is 57.3 cm³/mol. The highest BCUT2D eigenvalue weighted by molar-refractivity contribution is 5.85. The lowest BCUT2D eigenvalue weighted by atomic mass is 9.99. The van der Waals surface area contributed by atoms with Crippen molar-refractivity contribution in [2.45, 2.75) is 39.2 Å². The summed E-state index contributed by atoms with van der Waals surface area (Å²) in [4.78, 5) is 22.0. The molecule has 0 aliphatic heterocycles. The van der Waals surface area contributed by atoms with E-state index in [2.05, 4.69) is 5.32 Å². The molecule has 0 heterocycles. The summed E-state index contributed by atoms with van der Waals surface area (Å²) in [5.41, 5.74) is 4.84. The Hall–Kier alpha value is -1.10. The SMILES string of the molecule is CCC(C)(N)C(=O)NCCC(C)C(=O)O. The second kappa shape index (κ2) is 5.70. The molecule has 0 radical (unpaired) electrons. The highest BCUT2D eigenvalue weighted by Crippen LogP contribution is 2.05. The summed E-state index contributed by atoms with van der Waals surface area (Å²) in [5.74, 6) is -1.53. The van der Waals surface area contributed by atoms with Crippen molar-refractivity contribution in [2.75, 3.05) is 6.54 Å². The van der Waals surface area contributed by atoms with E-state index < -0.39 is 17.4 Å². The van der Waals surface area contributed by atoms with Crippen LogP contribution in [0.3, 0.4) is 0 Å². The van der Waals surface area contributed by atoms with Crippen LogP contribution in [-0.4, -0.2) is 29.1 Å². The molecule has 15 heavy (non-hydrogen) atoms. The number of carbonyl (C=O) groups excluding carboxylic acids is 1. The molecule has 0 rings (SSSR count). The fourth-order valence-corrected chi connectivity index (χ4v) is 0.888. The summed E-state index contributed by atoms with van der Waals surface area (Å²) in [6.07, 6.45) is 0.966. The van der Waals surface area contributed by atoms with Crippen LogP contribution in [0.25, 0.3) is 0 Å². The topological polar surface area (TPSA) is 92.4 Å². The molecule has 0 spiro atoms. The van der Waals surface area contributed by atoms with E-state index in [1.54, 1.807) is 13.8 Å². The third-order valence-corrected chi connectivity index (χ3v) is 2.54. The number of hydrogen-bond acceptors (Lipinski definition) is 3. The number of carboxylic acid groups (broad SMARTS) is 1. The molecule has 5 heteroatoms. The number of carbonyl (C=O) groups is 2. The predicted octanol–water partition coefficient (Wildman–Crippen LogP) is 0.341. The van der Waals surface area contributed by atoms with E-state index >= 15 is 0 Å². The van der Waals surface area contributed by atoms with Gasteiger partial charge in [-0.05, 0) is 19.8 Å². The summed E-state index contributed by atoms with van der Waals surface area (Å²) in [7, 11) is 0. The Balaban J connectivity index is 3.88. The number of hydrogen-bond donors (Lipinski definition) is 3.